The average Bonchev–Trinajstić information content (AvgIpc) is 2.95. The van der Waals surface area contributed by atoms with E-state index in [1.165, 1.54) is 17.0 Å². The van der Waals surface area contributed by atoms with Crippen LogP contribution in [0.2, 0.25) is 0 Å². The van der Waals surface area contributed by atoms with Gasteiger partial charge in [-0.1, -0.05) is 0 Å². The van der Waals surface area contributed by atoms with Crippen molar-refractivity contribution in [1.29, 1.82) is 0 Å². The van der Waals surface area contributed by atoms with Gasteiger partial charge in [0.1, 0.15) is 5.54 Å². The first kappa shape index (κ1) is 17.7. The van der Waals surface area contributed by atoms with Gasteiger partial charge in [0, 0.05) is 37.3 Å². The Bertz CT molecular complexity index is 631. The van der Waals surface area contributed by atoms with Crippen LogP contribution in [0.1, 0.15) is 32.6 Å². The van der Waals surface area contributed by atoms with Gasteiger partial charge in [-0.15, -0.1) is 0 Å². The molecule has 0 aliphatic carbocycles. The van der Waals surface area contributed by atoms with Gasteiger partial charge in [0.2, 0.25) is 5.91 Å². The zero-order valence-corrected chi connectivity index (χ0v) is 13.5. The SMILES string of the molecule is CC1(C(=O)O)CCCN1C(=O)CCCNc1ccc([N+](=O)[O-])cc1. The third-order valence-electron chi connectivity index (χ3n) is 4.38. The van der Waals surface area contributed by atoms with Gasteiger partial charge in [0.25, 0.3) is 5.69 Å². The topological polar surface area (TPSA) is 113 Å². The van der Waals surface area contributed by atoms with E-state index in [0.717, 1.165) is 5.69 Å². The highest BCUT2D eigenvalue weighted by molar-refractivity contribution is 5.87. The first-order valence-electron chi connectivity index (χ1n) is 7.87. The van der Waals surface area contributed by atoms with Crippen molar-refractivity contribution in [2.75, 3.05) is 18.4 Å². The van der Waals surface area contributed by atoms with Crippen LogP contribution < -0.4 is 5.32 Å². The zero-order chi connectivity index (χ0) is 17.7. The molecule has 1 aromatic carbocycles. The number of hydrogen-bond donors (Lipinski definition) is 2. The number of aliphatic carboxylic acids is 1. The highest BCUT2D eigenvalue weighted by atomic mass is 16.6. The maximum atomic E-state index is 12.3. The maximum Gasteiger partial charge on any atom is 0.329 e. The predicted molar refractivity (Wildman–Crippen MR) is 87.8 cm³/mol. The minimum absolute atomic E-state index is 0.0257. The highest BCUT2D eigenvalue weighted by Crippen LogP contribution is 2.30. The van der Waals surface area contributed by atoms with Gasteiger partial charge in [-0.2, -0.15) is 0 Å². The quantitative estimate of drug-likeness (QED) is 0.449. The summed E-state index contributed by atoms with van der Waals surface area (Å²) in [5.74, 6) is -1.11. The van der Waals surface area contributed by atoms with E-state index in [4.69, 9.17) is 0 Å². The van der Waals surface area contributed by atoms with Crippen LogP contribution in [0.5, 0.6) is 0 Å². The van der Waals surface area contributed by atoms with Crippen LogP contribution in [-0.2, 0) is 9.59 Å². The molecule has 0 aromatic heterocycles. The Hall–Kier alpha value is -2.64. The fraction of sp³-hybridized carbons (Fsp3) is 0.500. The molecule has 0 bridgehead atoms. The summed E-state index contributed by atoms with van der Waals surface area (Å²) in [6.45, 7) is 2.61. The third-order valence-corrected chi connectivity index (χ3v) is 4.38. The van der Waals surface area contributed by atoms with Crippen molar-refractivity contribution >= 4 is 23.3 Å². The van der Waals surface area contributed by atoms with Crippen molar-refractivity contribution < 1.29 is 19.6 Å². The fourth-order valence-electron chi connectivity index (χ4n) is 2.89. The normalized spacial score (nSPS) is 20.0. The number of nitrogens with zero attached hydrogens (tertiary/aromatic N) is 2. The molecule has 130 valence electrons. The monoisotopic (exact) mass is 335 g/mol. The average molecular weight is 335 g/mol. The molecule has 1 aliphatic heterocycles. The van der Waals surface area contributed by atoms with E-state index in [2.05, 4.69) is 5.32 Å². The summed E-state index contributed by atoms with van der Waals surface area (Å²) in [6, 6.07) is 6.05. The van der Waals surface area contributed by atoms with Crippen molar-refractivity contribution in [2.45, 2.75) is 38.1 Å². The number of nitro benzene ring substituents is 1. The van der Waals surface area contributed by atoms with Gasteiger partial charge >= 0.3 is 5.97 Å². The number of benzene rings is 1. The minimum atomic E-state index is -1.09. The van der Waals surface area contributed by atoms with E-state index < -0.39 is 16.4 Å². The van der Waals surface area contributed by atoms with Crippen molar-refractivity contribution in [2.24, 2.45) is 0 Å². The molecule has 0 saturated carbocycles. The first-order valence-corrected chi connectivity index (χ1v) is 7.87. The smallest absolute Gasteiger partial charge is 0.329 e. The number of carbonyl (C=O) groups excluding carboxylic acids is 1. The summed E-state index contributed by atoms with van der Waals surface area (Å²) >= 11 is 0. The third kappa shape index (κ3) is 3.81. The number of hydrogen-bond acceptors (Lipinski definition) is 5. The van der Waals surface area contributed by atoms with Crippen LogP contribution in [-0.4, -0.2) is 45.4 Å². The van der Waals surface area contributed by atoms with Crippen LogP contribution in [0.15, 0.2) is 24.3 Å². The van der Waals surface area contributed by atoms with Crippen molar-refractivity contribution in [1.82, 2.24) is 4.90 Å². The second-order valence-corrected chi connectivity index (χ2v) is 6.06. The molecule has 1 atom stereocenters. The molecule has 0 radical (unpaired) electrons. The number of non-ortho nitro benzene ring substituents is 1. The number of carboxylic acid groups (broad SMARTS) is 1. The van der Waals surface area contributed by atoms with E-state index in [1.54, 1.807) is 19.1 Å². The number of carbonyl (C=O) groups is 2. The summed E-state index contributed by atoms with van der Waals surface area (Å²) in [5.41, 5.74) is -0.328. The number of amides is 1. The van der Waals surface area contributed by atoms with Gasteiger partial charge in [-0.25, -0.2) is 4.79 Å². The first-order chi connectivity index (χ1) is 11.3. The van der Waals surface area contributed by atoms with Crippen molar-refractivity contribution in [3.63, 3.8) is 0 Å². The van der Waals surface area contributed by atoms with Gasteiger partial charge in [0.05, 0.1) is 4.92 Å². The Morgan fingerprint density at radius 2 is 2.04 bits per heavy atom. The zero-order valence-electron chi connectivity index (χ0n) is 13.5. The molecule has 1 aromatic rings. The molecule has 1 aliphatic rings. The highest BCUT2D eigenvalue weighted by Gasteiger charge is 2.45. The number of carboxylic acids is 1. The molecular formula is C16H21N3O5. The summed E-state index contributed by atoms with van der Waals surface area (Å²) in [5, 5.41) is 23.0. The lowest BCUT2D eigenvalue weighted by molar-refractivity contribution is -0.384. The second-order valence-electron chi connectivity index (χ2n) is 6.06. The van der Waals surface area contributed by atoms with Gasteiger partial charge < -0.3 is 15.3 Å². The van der Waals surface area contributed by atoms with E-state index in [0.29, 0.717) is 32.4 Å². The molecule has 2 N–H and O–H groups in total. The fourth-order valence-corrected chi connectivity index (χ4v) is 2.89. The molecule has 1 amide bonds. The van der Waals surface area contributed by atoms with Crippen molar-refractivity contribution in [3.8, 4) is 0 Å². The van der Waals surface area contributed by atoms with Crippen LogP contribution in [0, 0.1) is 10.1 Å². The molecule has 1 saturated heterocycles. The number of anilines is 1. The van der Waals surface area contributed by atoms with Gasteiger partial charge in [-0.05, 0) is 38.3 Å². The lowest BCUT2D eigenvalue weighted by Gasteiger charge is -2.31. The number of likely N-dealkylation sites (tertiary alicyclic amines) is 1. The number of nitro groups is 1. The van der Waals surface area contributed by atoms with Crippen LogP contribution in [0.3, 0.4) is 0 Å². The Kier molecular flexibility index (Phi) is 5.38. The second kappa shape index (κ2) is 7.29. The molecule has 8 heteroatoms. The number of nitrogens with one attached hydrogen (secondary N) is 1. The summed E-state index contributed by atoms with van der Waals surface area (Å²) in [4.78, 5) is 35.2. The van der Waals surface area contributed by atoms with Crippen LogP contribution in [0.4, 0.5) is 11.4 Å². The molecule has 2 rings (SSSR count). The molecule has 1 fully saturated rings. The van der Waals surface area contributed by atoms with E-state index in [-0.39, 0.29) is 18.0 Å². The predicted octanol–water partition coefficient (Wildman–Crippen LogP) is 2.25. The largest absolute Gasteiger partial charge is 0.480 e. The molecule has 8 nitrogen and oxygen atoms in total. The molecule has 1 unspecified atom stereocenters. The van der Waals surface area contributed by atoms with Gasteiger partial charge in [0.15, 0.2) is 0 Å². The maximum absolute atomic E-state index is 12.3. The Labute approximate surface area is 139 Å². The summed E-state index contributed by atoms with van der Waals surface area (Å²) in [7, 11) is 0. The lowest BCUT2D eigenvalue weighted by Crippen LogP contribution is -2.50. The standard InChI is InChI=1S/C16H21N3O5/c1-16(15(21)22)9-3-11-18(16)14(20)4-2-10-17-12-5-7-13(8-6-12)19(23)24/h5-8,17H,2-4,9-11H2,1H3,(H,21,22). The van der Waals surface area contributed by atoms with E-state index >= 15 is 0 Å². The van der Waals surface area contributed by atoms with Crippen LogP contribution in [0.25, 0.3) is 0 Å². The molecular weight excluding hydrogens is 314 g/mol. The Morgan fingerprint density at radius 1 is 1.38 bits per heavy atom. The number of rotatable bonds is 7. The van der Waals surface area contributed by atoms with Crippen LogP contribution >= 0.6 is 0 Å². The van der Waals surface area contributed by atoms with E-state index in [9.17, 15) is 24.8 Å². The van der Waals surface area contributed by atoms with Gasteiger partial charge in [-0.3, -0.25) is 14.9 Å². The molecule has 24 heavy (non-hydrogen) atoms. The Balaban J connectivity index is 1.78. The molecule has 0 spiro atoms. The van der Waals surface area contributed by atoms with Crippen molar-refractivity contribution in [3.05, 3.63) is 34.4 Å². The lowest BCUT2D eigenvalue weighted by atomic mass is 9.99. The summed E-state index contributed by atoms with van der Waals surface area (Å²) < 4.78 is 0. The molecule has 1 heterocycles. The minimum Gasteiger partial charge on any atom is -0.480 e. The Morgan fingerprint density at radius 3 is 2.62 bits per heavy atom. The van der Waals surface area contributed by atoms with E-state index in [1.807, 2.05) is 0 Å². The summed E-state index contributed by atoms with van der Waals surface area (Å²) in [6.07, 6.45) is 2.01.